The van der Waals surface area contributed by atoms with Gasteiger partial charge in [0.1, 0.15) is 11.9 Å². The Hall–Kier alpha value is -2.48. The molecule has 0 aliphatic heterocycles. The molecule has 0 fully saturated rings. The highest BCUT2D eigenvalue weighted by molar-refractivity contribution is 7.18. The van der Waals surface area contributed by atoms with Gasteiger partial charge in [0.25, 0.3) is 5.91 Å². The molecular weight excluding hydrogens is 318 g/mol. The molecular formula is C15H17N3O4S. The van der Waals surface area contributed by atoms with Crippen LogP contribution in [-0.2, 0) is 0 Å². The minimum absolute atomic E-state index is 0.107. The molecule has 0 radical (unpaired) electrons. The zero-order valence-electron chi connectivity index (χ0n) is 13.1. The van der Waals surface area contributed by atoms with Crippen molar-refractivity contribution in [1.29, 1.82) is 0 Å². The molecule has 1 aromatic heterocycles. The minimum Gasteiger partial charge on any atom is -0.492 e. The van der Waals surface area contributed by atoms with Gasteiger partial charge in [-0.2, -0.15) is 0 Å². The van der Waals surface area contributed by atoms with E-state index in [0.717, 1.165) is 17.5 Å². The molecule has 0 spiro atoms. The zero-order chi connectivity index (χ0) is 17.0. The lowest BCUT2D eigenvalue weighted by Gasteiger charge is -2.17. The fourth-order valence-electron chi connectivity index (χ4n) is 1.79. The third kappa shape index (κ3) is 4.04. The monoisotopic (exact) mass is 335 g/mol. The first-order valence-corrected chi connectivity index (χ1v) is 7.82. The van der Waals surface area contributed by atoms with Crippen molar-refractivity contribution in [2.75, 3.05) is 18.6 Å². The molecule has 0 bridgehead atoms. The number of hydrogen-bond donors (Lipinski definition) is 0. The van der Waals surface area contributed by atoms with Gasteiger partial charge in [-0.15, -0.1) is 0 Å². The fourth-order valence-corrected chi connectivity index (χ4v) is 2.48. The van der Waals surface area contributed by atoms with E-state index in [9.17, 15) is 14.9 Å². The third-order valence-corrected chi connectivity index (χ3v) is 3.97. The van der Waals surface area contributed by atoms with Crippen molar-refractivity contribution in [2.24, 2.45) is 5.92 Å². The average molecular weight is 335 g/mol. The number of amides is 1. The smallest absolute Gasteiger partial charge is 0.345 e. The Bertz CT molecular complexity index is 714. The van der Waals surface area contributed by atoms with Gasteiger partial charge in [-0.25, -0.2) is 4.98 Å². The number of carbonyl (C=O) groups is 1. The molecule has 23 heavy (non-hydrogen) atoms. The summed E-state index contributed by atoms with van der Waals surface area (Å²) in [5.74, 6) is 0.496. The van der Waals surface area contributed by atoms with Crippen LogP contribution in [0.1, 0.15) is 24.2 Å². The van der Waals surface area contributed by atoms with E-state index in [1.54, 1.807) is 24.3 Å². The predicted octanol–water partition coefficient (Wildman–Crippen LogP) is 3.36. The second kappa shape index (κ2) is 7.19. The lowest BCUT2D eigenvalue weighted by molar-refractivity contribution is -0.380. The first-order valence-electron chi connectivity index (χ1n) is 7.00. The van der Waals surface area contributed by atoms with Gasteiger partial charge >= 0.3 is 5.00 Å². The van der Waals surface area contributed by atoms with Gasteiger partial charge in [0.15, 0.2) is 5.13 Å². The van der Waals surface area contributed by atoms with Crippen LogP contribution in [0, 0.1) is 16.0 Å². The van der Waals surface area contributed by atoms with Crippen molar-refractivity contribution in [2.45, 2.75) is 13.8 Å². The molecule has 2 aromatic rings. The highest BCUT2D eigenvalue weighted by Gasteiger charge is 2.22. The summed E-state index contributed by atoms with van der Waals surface area (Å²) < 4.78 is 5.68. The van der Waals surface area contributed by atoms with Gasteiger partial charge < -0.3 is 4.74 Å². The molecule has 2 rings (SSSR count). The van der Waals surface area contributed by atoms with Crippen LogP contribution in [0.15, 0.2) is 30.5 Å². The van der Waals surface area contributed by atoms with Crippen LogP contribution in [0.4, 0.5) is 10.1 Å². The first kappa shape index (κ1) is 16.9. The van der Waals surface area contributed by atoms with Gasteiger partial charge in [0.05, 0.1) is 17.1 Å². The highest BCUT2D eigenvalue weighted by atomic mass is 32.1. The molecule has 0 aliphatic rings. The molecule has 0 N–H and O–H groups in total. The van der Waals surface area contributed by atoms with Crippen LogP contribution in [0.5, 0.6) is 5.75 Å². The summed E-state index contributed by atoms with van der Waals surface area (Å²) in [7, 11) is 1.53. The van der Waals surface area contributed by atoms with E-state index in [1.165, 1.54) is 11.9 Å². The fraction of sp³-hybridized carbons (Fsp3) is 0.333. The molecule has 0 atom stereocenters. The number of hydrogen-bond acceptors (Lipinski definition) is 6. The van der Waals surface area contributed by atoms with E-state index in [1.807, 2.05) is 13.8 Å². The van der Waals surface area contributed by atoms with Crippen LogP contribution in [0.25, 0.3) is 0 Å². The van der Waals surface area contributed by atoms with Crippen molar-refractivity contribution in [3.05, 3.63) is 46.1 Å². The quantitative estimate of drug-likeness (QED) is 0.597. The number of aromatic nitrogens is 1. The number of ether oxygens (including phenoxy) is 1. The number of benzene rings is 1. The normalized spacial score (nSPS) is 10.6. The van der Waals surface area contributed by atoms with Gasteiger partial charge in [0.2, 0.25) is 0 Å². The van der Waals surface area contributed by atoms with Crippen molar-refractivity contribution < 1.29 is 14.5 Å². The lowest BCUT2D eigenvalue weighted by atomic mass is 10.1. The Morgan fingerprint density at radius 2 is 2.13 bits per heavy atom. The molecule has 1 aromatic carbocycles. The standard InChI is InChI=1S/C15H17N3O4S/c1-10(2)9-22-12-7-5-4-6-11(12)14(19)17(3)15-16-8-13(23-15)18(20)21/h4-8,10H,9H2,1-3H3. The molecule has 0 saturated heterocycles. The predicted molar refractivity (Wildman–Crippen MR) is 88.3 cm³/mol. The van der Waals surface area contributed by atoms with Crippen LogP contribution in [0.3, 0.4) is 0 Å². The summed E-state index contributed by atoms with van der Waals surface area (Å²) in [4.78, 5) is 28.1. The van der Waals surface area contributed by atoms with E-state index < -0.39 is 4.92 Å². The maximum absolute atomic E-state index is 12.6. The van der Waals surface area contributed by atoms with Crippen molar-refractivity contribution in [1.82, 2.24) is 4.98 Å². The maximum Gasteiger partial charge on any atom is 0.345 e. The molecule has 1 heterocycles. The molecule has 0 saturated carbocycles. The van der Waals surface area contributed by atoms with Gasteiger partial charge in [0, 0.05) is 7.05 Å². The average Bonchev–Trinajstić information content (AvgIpc) is 3.02. The van der Waals surface area contributed by atoms with E-state index in [-0.39, 0.29) is 16.0 Å². The molecule has 122 valence electrons. The van der Waals surface area contributed by atoms with Crippen LogP contribution < -0.4 is 9.64 Å². The number of para-hydroxylation sites is 1. The van der Waals surface area contributed by atoms with Crippen molar-refractivity contribution in [3.63, 3.8) is 0 Å². The molecule has 7 nitrogen and oxygen atoms in total. The largest absolute Gasteiger partial charge is 0.492 e. The van der Waals surface area contributed by atoms with E-state index in [2.05, 4.69) is 4.98 Å². The Morgan fingerprint density at radius 3 is 2.74 bits per heavy atom. The number of rotatable bonds is 6. The SMILES string of the molecule is CC(C)COc1ccccc1C(=O)N(C)c1ncc([N+](=O)[O-])s1. The lowest BCUT2D eigenvalue weighted by Crippen LogP contribution is -2.26. The summed E-state index contributed by atoms with van der Waals surface area (Å²) in [5.41, 5.74) is 0.397. The van der Waals surface area contributed by atoms with E-state index in [0.29, 0.717) is 23.8 Å². The minimum atomic E-state index is -0.529. The summed E-state index contributed by atoms with van der Waals surface area (Å²) >= 11 is 0.850. The third-order valence-electron chi connectivity index (χ3n) is 2.94. The van der Waals surface area contributed by atoms with E-state index in [4.69, 9.17) is 4.74 Å². The number of thiazole rings is 1. The Balaban J connectivity index is 2.23. The second-order valence-electron chi connectivity index (χ2n) is 5.30. The molecule has 0 aliphatic carbocycles. The Kier molecular flexibility index (Phi) is 5.28. The Labute approximate surface area is 137 Å². The number of nitro groups is 1. The van der Waals surface area contributed by atoms with Crippen molar-refractivity contribution >= 4 is 27.4 Å². The van der Waals surface area contributed by atoms with Crippen LogP contribution in [-0.4, -0.2) is 29.5 Å². The van der Waals surface area contributed by atoms with Crippen LogP contribution in [0.2, 0.25) is 0 Å². The van der Waals surface area contributed by atoms with Gasteiger partial charge in [-0.3, -0.25) is 19.8 Å². The van der Waals surface area contributed by atoms with Crippen LogP contribution >= 0.6 is 11.3 Å². The first-order chi connectivity index (χ1) is 10.9. The summed E-state index contributed by atoms with van der Waals surface area (Å²) in [6.07, 6.45) is 1.14. The van der Waals surface area contributed by atoms with Gasteiger partial charge in [-0.1, -0.05) is 26.0 Å². The summed E-state index contributed by atoms with van der Waals surface area (Å²) in [6.45, 7) is 4.53. The summed E-state index contributed by atoms with van der Waals surface area (Å²) in [5, 5.41) is 10.9. The number of anilines is 1. The zero-order valence-corrected chi connectivity index (χ0v) is 13.9. The molecule has 8 heteroatoms. The maximum atomic E-state index is 12.6. The van der Waals surface area contributed by atoms with Gasteiger partial charge in [-0.05, 0) is 29.4 Å². The summed E-state index contributed by atoms with van der Waals surface area (Å²) in [6, 6.07) is 6.93. The number of carbonyl (C=O) groups excluding carboxylic acids is 1. The number of nitrogens with zero attached hydrogens (tertiary/aromatic N) is 3. The second-order valence-corrected chi connectivity index (χ2v) is 6.29. The topological polar surface area (TPSA) is 85.6 Å². The highest BCUT2D eigenvalue weighted by Crippen LogP contribution is 2.29. The van der Waals surface area contributed by atoms with Crippen molar-refractivity contribution in [3.8, 4) is 5.75 Å². The molecule has 0 unspecified atom stereocenters. The Morgan fingerprint density at radius 1 is 1.43 bits per heavy atom. The van der Waals surface area contributed by atoms with E-state index >= 15 is 0 Å². The molecule has 1 amide bonds.